The van der Waals surface area contributed by atoms with Gasteiger partial charge in [0.1, 0.15) is 0 Å². The van der Waals surface area contributed by atoms with Crippen molar-refractivity contribution in [2.75, 3.05) is 7.11 Å². The molecule has 1 fully saturated rings. The van der Waals surface area contributed by atoms with Gasteiger partial charge in [0.15, 0.2) is 6.17 Å². The van der Waals surface area contributed by atoms with Crippen molar-refractivity contribution in [3.63, 3.8) is 0 Å². The van der Waals surface area contributed by atoms with Crippen LogP contribution in [0.5, 0.6) is 0 Å². The second-order valence-electron chi connectivity index (χ2n) is 3.52. The average Bonchev–Trinajstić information content (AvgIpc) is 2.16. The van der Waals surface area contributed by atoms with E-state index in [9.17, 15) is 9.18 Å². The Morgan fingerprint density at radius 1 is 1.62 bits per heavy atom. The molecule has 0 spiro atoms. The lowest BCUT2D eigenvalue weighted by Crippen LogP contribution is -2.32. The smallest absolute Gasteiger partial charge is 0.338 e. The fourth-order valence-electron chi connectivity index (χ4n) is 1.86. The van der Waals surface area contributed by atoms with E-state index in [1.807, 2.05) is 0 Å². The first-order valence-corrected chi connectivity index (χ1v) is 4.54. The summed E-state index contributed by atoms with van der Waals surface area (Å²) in [6.07, 6.45) is 1.28. The number of carboxylic acids is 1. The van der Waals surface area contributed by atoms with Gasteiger partial charge in [-0.15, -0.1) is 0 Å². The summed E-state index contributed by atoms with van der Waals surface area (Å²) in [5.74, 6) is -1.71. The maximum Gasteiger partial charge on any atom is 0.338 e. The Labute approximate surface area is 76.9 Å². The molecule has 0 heterocycles. The van der Waals surface area contributed by atoms with Crippen LogP contribution in [-0.4, -0.2) is 30.5 Å². The third kappa shape index (κ3) is 2.66. The molecule has 0 aromatic heterocycles. The summed E-state index contributed by atoms with van der Waals surface area (Å²) in [5.41, 5.74) is 0. The number of rotatable bonds is 3. The SMILES string of the molecule is COC1CCCC(C(F)C(=O)O)C1. The van der Waals surface area contributed by atoms with E-state index in [2.05, 4.69) is 0 Å². The van der Waals surface area contributed by atoms with Crippen LogP contribution in [0.25, 0.3) is 0 Å². The van der Waals surface area contributed by atoms with Gasteiger partial charge in [0, 0.05) is 13.0 Å². The first kappa shape index (κ1) is 10.4. The standard InChI is InChI=1S/C9H15FO3/c1-13-7-4-2-3-6(5-7)8(10)9(11)12/h6-8H,2-5H2,1H3,(H,11,12). The average molecular weight is 190 g/mol. The van der Waals surface area contributed by atoms with E-state index in [-0.39, 0.29) is 12.0 Å². The van der Waals surface area contributed by atoms with Crippen molar-refractivity contribution in [2.45, 2.75) is 38.0 Å². The predicted molar refractivity (Wildman–Crippen MR) is 45.3 cm³/mol. The van der Waals surface area contributed by atoms with Crippen LogP contribution in [0.4, 0.5) is 4.39 Å². The molecule has 1 saturated carbocycles. The summed E-state index contributed by atoms with van der Waals surface area (Å²) in [5, 5.41) is 8.48. The number of ether oxygens (including phenoxy) is 1. The number of hydrogen-bond donors (Lipinski definition) is 1. The Morgan fingerprint density at radius 3 is 2.85 bits per heavy atom. The van der Waals surface area contributed by atoms with Crippen molar-refractivity contribution in [1.29, 1.82) is 0 Å². The van der Waals surface area contributed by atoms with Crippen LogP contribution in [0.2, 0.25) is 0 Å². The van der Waals surface area contributed by atoms with Crippen molar-refractivity contribution < 1.29 is 19.0 Å². The summed E-state index contributed by atoms with van der Waals surface area (Å²) in [6.45, 7) is 0. The molecule has 0 aromatic rings. The monoisotopic (exact) mass is 190 g/mol. The number of methoxy groups -OCH3 is 1. The van der Waals surface area contributed by atoms with Crippen LogP contribution in [0.1, 0.15) is 25.7 Å². The summed E-state index contributed by atoms with van der Waals surface area (Å²) >= 11 is 0. The minimum atomic E-state index is -1.72. The van der Waals surface area contributed by atoms with Gasteiger partial charge in [-0.1, -0.05) is 6.42 Å². The largest absolute Gasteiger partial charge is 0.479 e. The first-order chi connectivity index (χ1) is 6.15. The molecule has 4 heteroatoms. The van der Waals surface area contributed by atoms with Gasteiger partial charge in [-0.25, -0.2) is 9.18 Å². The Balaban J connectivity index is 2.46. The highest BCUT2D eigenvalue weighted by atomic mass is 19.1. The molecule has 1 aliphatic carbocycles. The van der Waals surface area contributed by atoms with Gasteiger partial charge in [0.25, 0.3) is 0 Å². The zero-order chi connectivity index (χ0) is 9.84. The Bertz CT molecular complexity index is 184. The van der Waals surface area contributed by atoms with Crippen LogP contribution >= 0.6 is 0 Å². The van der Waals surface area contributed by atoms with Gasteiger partial charge >= 0.3 is 5.97 Å². The third-order valence-corrected chi connectivity index (χ3v) is 2.65. The van der Waals surface area contributed by atoms with Crippen LogP contribution in [-0.2, 0) is 9.53 Å². The topological polar surface area (TPSA) is 46.5 Å². The Kier molecular flexibility index (Phi) is 3.66. The summed E-state index contributed by atoms with van der Waals surface area (Å²) in [4.78, 5) is 10.4. The van der Waals surface area contributed by atoms with Crippen molar-refractivity contribution in [3.8, 4) is 0 Å². The van der Waals surface area contributed by atoms with Gasteiger partial charge in [0.2, 0.25) is 0 Å². The van der Waals surface area contributed by atoms with Gasteiger partial charge < -0.3 is 9.84 Å². The van der Waals surface area contributed by atoms with Crippen LogP contribution in [0.15, 0.2) is 0 Å². The predicted octanol–water partition coefficient (Wildman–Crippen LogP) is 1.61. The number of alkyl halides is 1. The number of aliphatic carboxylic acids is 1. The van der Waals surface area contributed by atoms with Gasteiger partial charge in [0.05, 0.1) is 6.10 Å². The van der Waals surface area contributed by atoms with E-state index in [4.69, 9.17) is 9.84 Å². The molecule has 0 aromatic carbocycles. The van der Waals surface area contributed by atoms with Crippen LogP contribution in [0.3, 0.4) is 0 Å². The molecule has 0 aliphatic heterocycles. The van der Waals surface area contributed by atoms with Gasteiger partial charge in [-0.3, -0.25) is 0 Å². The molecule has 1 N–H and O–H groups in total. The Morgan fingerprint density at radius 2 is 2.31 bits per heavy atom. The van der Waals surface area contributed by atoms with E-state index in [1.165, 1.54) is 0 Å². The molecule has 0 amide bonds. The van der Waals surface area contributed by atoms with Crippen LogP contribution in [0, 0.1) is 5.92 Å². The molecule has 1 rings (SSSR count). The maximum atomic E-state index is 13.1. The molecule has 76 valence electrons. The lowest BCUT2D eigenvalue weighted by molar-refractivity contribution is -0.146. The number of halogens is 1. The minimum absolute atomic E-state index is 0.0383. The van der Waals surface area contributed by atoms with Crippen molar-refractivity contribution in [2.24, 2.45) is 5.92 Å². The lowest BCUT2D eigenvalue weighted by Gasteiger charge is -2.28. The highest BCUT2D eigenvalue weighted by molar-refractivity contribution is 5.72. The number of hydrogen-bond acceptors (Lipinski definition) is 2. The molecular weight excluding hydrogens is 175 g/mol. The quantitative estimate of drug-likeness (QED) is 0.735. The van der Waals surface area contributed by atoms with E-state index in [1.54, 1.807) is 7.11 Å². The highest BCUT2D eigenvalue weighted by Gasteiger charge is 2.32. The second kappa shape index (κ2) is 4.56. The van der Waals surface area contributed by atoms with Crippen molar-refractivity contribution in [1.82, 2.24) is 0 Å². The first-order valence-electron chi connectivity index (χ1n) is 4.54. The molecule has 0 radical (unpaired) electrons. The van der Waals surface area contributed by atoms with E-state index >= 15 is 0 Å². The fourth-order valence-corrected chi connectivity index (χ4v) is 1.86. The second-order valence-corrected chi connectivity index (χ2v) is 3.52. The number of carbonyl (C=O) groups is 1. The number of carboxylic acid groups (broad SMARTS) is 1. The summed E-state index contributed by atoms with van der Waals surface area (Å²) in [6, 6.07) is 0. The Hall–Kier alpha value is -0.640. The molecule has 3 atom stereocenters. The van der Waals surface area contributed by atoms with Gasteiger partial charge in [-0.2, -0.15) is 0 Å². The van der Waals surface area contributed by atoms with Crippen LogP contribution < -0.4 is 0 Å². The zero-order valence-corrected chi connectivity index (χ0v) is 7.70. The molecule has 0 bridgehead atoms. The lowest BCUT2D eigenvalue weighted by atomic mass is 9.84. The molecule has 1 aliphatic rings. The minimum Gasteiger partial charge on any atom is -0.479 e. The maximum absolute atomic E-state index is 13.1. The van der Waals surface area contributed by atoms with Gasteiger partial charge in [-0.05, 0) is 19.3 Å². The molecule has 13 heavy (non-hydrogen) atoms. The van der Waals surface area contributed by atoms with E-state index < -0.39 is 12.1 Å². The molecule has 3 nitrogen and oxygen atoms in total. The highest BCUT2D eigenvalue weighted by Crippen LogP contribution is 2.29. The third-order valence-electron chi connectivity index (χ3n) is 2.65. The van der Waals surface area contributed by atoms with E-state index in [0.717, 1.165) is 12.8 Å². The molecular formula is C9H15FO3. The van der Waals surface area contributed by atoms with Crippen molar-refractivity contribution >= 4 is 5.97 Å². The van der Waals surface area contributed by atoms with E-state index in [0.29, 0.717) is 12.8 Å². The molecule has 0 saturated heterocycles. The molecule has 3 unspecified atom stereocenters. The summed E-state index contributed by atoms with van der Waals surface area (Å²) < 4.78 is 18.2. The fraction of sp³-hybridized carbons (Fsp3) is 0.889. The zero-order valence-electron chi connectivity index (χ0n) is 7.70. The summed E-state index contributed by atoms with van der Waals surface area (Å²) in [7, 11) is 1.58. The normalized spacial score (nSPS) is 31.2. The van der Waals surface area contributed by atoms with Crippen molar-refractivity contribution in [3.05, 3.63) is 0 Å².